The second kappa shape index (κ2) is 9.03. The second-order valence-electron chi connectivity index (χ2n) is 7.70. The molecule has 4 heterocycles. The standard InChI is InChI=1S/C22H23N7O2S/c30-21(18-11-17(26-27-18)19-7-4-10-32-19)23-8-9-29-20-16(12-25-29)22(31)28(14-24-20)13-15-5-2-1-3-6-15/h1-7,10,12,14,17-18,26-27H,8-9,11,13H2,(H,23,30). The van der Waals surface area contributed by atoms with Gasteiger partial charge < -0.3 is 5.32 Å². The van der Waals surface area contributed by atoms with Crippen LogP contribution < -0.4 is 21.7 Å². The number of rotatable bonds is 7. The maximum atomic E-state index is 12.8. The van der Waals surface area contributed by atoms with Crippen molar-refractivity contribution in [2.24, 2.45) is 0 Å². The van der Waals surface area contributed by atoms with Gasteiger partial charge in [-0.3, -0.25) is 14.2 Å². The van der Waals surface area contributed by atoms with Gasteiger partial charge in [-0.05, 0) is 23.4 Å². The highest BCUT2D eigenvalue weighted by atomic mass is 32.1. The molecule has 1 aliphatic heterocycles. The van der Waals surface area contributed by atoms with Crippen molar-refractivity contribution in [3.8, 4) is 0 Å². The van der Waals surface area contributed by atoms with Crippen molar-refractivity contribution in [3.05, 3.63) is 81.2 Å². The molecular formula is C22H23N7O2S. The van der Waals surface area contributed by atoms with Crippen LogP contribution in [-0.4, -0.2) is 37.8 Å². The van der Waals surface area contributed by atoms with E-state index in [9.17, 15) is 9.59 Å². The molecule has 2 atom stereocenters. The molecule has 5 rings (SSSR count). The molecule has 0 aliphatic carbocycles. The monoisotopic (exact) mass is 449 g/mol. The molecule has 0 radical (unpaired) electrons. The summed E-state index contributed by atoms with van der Waals surface area (Å²) in [4.78, 5) is 31.0. The zero-order chi connectivity index (χ0) is 21.9. The van der Waals surface area contributed by atoms with Gasteiger partial charge in [-0.15, -0.1) is 11.3 Å². The Morgan fingerprint density at radius 2 is 2.06 bits per heavy atom. The third-order valence-electron chi connectivity index (χ3n) is 5.55. The predicted molar refractivity (Wildman–Crippen MR) is 122 cm³/mol. The highest BCUT2D eigenvalue weighted by molar-refractivity contribution is 7.10. The Labute approximate surface area is 188 Å². The summed E-state index contributed by atoms with van der Waals surface area (Å²) < 4.78 is 3.23. The molecule has 1 aromatic carbocycles. The van der Waals surface area contributed by atoms with Crippen LogP contribution in [0.1, 0.15) is 22.9 Å². The van der Waals surface area contributed by atoms with Gasteiger partial charge in [-0.25, -0.2) is 20.5 Å². The van der Waals surface area contributed by atoms with E-state index >= 15 is 0 Å². The van der Waals surface area contributed by atoms with E-state index in [0.717, 1.165) is 5.56 Å². The van der Waals surface area contributed by atoms with E-state index in [1.807, 2.05) is 41.8 Å². The van der Waals surface area contributed by atoms with Crippen LogP contribution in [0, 0.1) is 0 Å². The summed E-state index contributed by atoms with van der Waals surface area (Å²) in [6, 6.07) is 13.7. The molecular weight excluding hydrogens is 426 g/mol. The summed E-state index contributed by atoms with van der Waals surface area (Å²) in [5.74, 6) is -0.0637. The zero-order valence-corrected chi connectivity index (χ0v) is 18.1. The SMILES string of the molecule is O=C(NCCn1ncc2c(=O)n(Cc3ccccc3)cnc21)C1CC(c2cccs2)NN1. The number of hydrogen-bond acceptors (Lipinski definition) is 7. The molecule has 0 saturated carbocycles. The predicted octanol–water partition coefficient (Wildman–Crippen LogP) is 1.43. The molecule has 1 saturated heterocycles. The van der Waals surface area contributed by atoms with Crippen LogP contribution in [0.15, 0.2) is 65.2 Å². The normalized spacial score (nSPS) is 18.2. The van der Waals surface area contributed by atoms with Crippen molar-refractivity contribution < 1.29 is 4.79 Å². The molecule has 10 heteroatoms. The van der Waals surface area contributed by atoms with Crippen LogP contribution in [0.3, 0.4) is 0 Å². The van der Waals surface area contributed by atoms with E-state index in [-0.39, 0.29) is 23.6 Å². The molecule has 164 valence electrons. The van der Waals surface area contributed by atoms with Gasteiger partial charge in [-0.2, -0.15) is 5.10 Å². The van der Waals surface area contributed by atoms with Gasteiger partial charge in [0, 0.05) is 11.4 Å². The number of benzene rings is 1. The van der Waals surface area contributed by atoms with Crippen LogP contribution in [0.5, 0.6) is 0 Å². The minimum atomic E-state index is -0.292. The summed E-state index contributed by atoms with van der Waals surface area (Å²) in [5, 5.41) is 9.75. The maximum absolute atomic E-state index is 12.8. The van der Waals surface area contributed by atoms with Crippen LogP contribution in [0.25, 0.3) is 11.0 Å². The van der Waals surface area contributed by atoms with Gasteiger partial charge in [0.15, 0.2) is 5.65 Å². The van der Waals surface area contributed by atoms with Gasteiger partial charge in [0.05, 0.1) is 25.3 Å². The molecule has 3 N–H and O–H groups in total. The number of thiophene rings is 1. The lowest BCUT2D eigenvalue weighted by molar-refractivity contribution is -0.122. The Bertz CT molecular complexity index is 1270. The Morgan fingerprint density at radius 3 is 2.88 bits per heavy atom. The van der Waals surface area contributed by atoms with Crippen molar-refractivity contribution in [1.29, 1.82) is 0 Å². The Morgan fingerprint density at radius 1 is 1.19 bits per heavy atom. The number of fused-ring (bicyclic) bond motifs is 1. The molecule has 1 fully saturated rings. The topological polar surface area (TPSA) is 106 Å². The molecule has 9 nitrogen and oxygen atoms in total. The van der Waals surface area contributed by atoms with Crippen molar-refractivity contribution in [2.45, 2.75) is 31.6 Å². The quantitative estimate of drug-likeness (QED) is 0.394. The van der Waals surface area contributed by atoms with E-state index in [4.69, 9.17) is 0 Å². The number of hydrogen-bond donors (Lipinski definition) is 3. The highest BCUT2D eigenvalue weighted by Crippen LogP contribution is 2.25. The third-order valence-corrected chi connectivity index (χ3v) is 6.53. The number of hydrazine groups is 1. The van der Waals surface area contributed by atoms with E-state index < -0.39 is 0 Å². The minimum absolute atomic E-state index is 0.0637. The van der Waals surface area contributed by atoms with Crippen molar-refractivity contribution in [3.63, 3.8) is 0 Å². The average Bonchev–Trinajstić information content (AvgIpc) is 3.57. The number of nitrogens with one attached hydrogen (secondary N) is 3. The number of amides is 1. The van der Waals surface area contributed by atoms with Crippen LogP contribution in [0.2, 0.25) is 0 Å². The first-order valence-corrected chi connectivity index (χ1v) is 11.3. The summed E-state index contributed by atoms with van der Waals surface area (Å²) in [6.45, 7) is 1.28. The minimum Gasteiger partial charge on any atom is -0.353 e. The molecule has 1 amide bonds. The van der Waals surface area contributed by atoms with Gasteiger partial charge in [0.1, 0.15) is 17.8 Å². The van der Waals surface area contributed by atoms with Crippen molar-refractivity contribution in [2.75, 3.05) is 6.54 Å². The van der Waals surface area contributed by atoms with Crippen molar-refractivity contribution in [1.82, 2.24) is 35.5 Å². The third kappa shape index (κ3) is 4.20. The van der Waals surface area contributed by atoms with E-state index in [0.29, 0.717) is 37.1 Å². The second-order valence-corrected chi connectivity index (χ2v) is 8.68. The molecule has 2 unspecified atom stereocenters. The lowest BCUT2D eigenvalue weighted by atomic mass is 10.1. The summed E-state index contributed by atoms with van der Waals surface area (Å²) in [5.41, 5.74) is 7.67. The Kier molecular flexibility index (Phi) is 5.80. The first-order valence-electron chi connectivity index (χ1n) is 10.5. The van der Waals surface area contributed by atoms with Gasteiger partial charge in [0.25, 0.3) is 5.56 Å². The number of carbonyl (C=O) groups is 1. The summed E-state index contributed by atoms with van der Waals surface area (Å²) >= 11 is 1.67. The molecule has 32 heavy (non-hydrogen) atoms. The van der Waals surface area contributed by atoms with Gasteiger partial charge >= 0.3 is 0 Å². The summed E-state index contributed by atoms with van der Waals surface area (Å²) in [6.07, 6.45) is 3.79. The van der Waals surface area contributed by atoms with Crippen LogP contribution in [0.4, 0.5) is 0 Å². The van der Waals surface area contributed by atoms with Crippen LogP contribution >= 0.6 is 11.3 Å². The largest absolute Gasteiger partial charge is 0.353 e. The van der Waals surface area contributed by atoms with Gasteiger partial charge in [0.2, 0.25) is 5.91 Å². The first kappa shape index (κ1) is 20.6. The average molecular weight is 450 g/mol. The smallest absolute Gasteiger partial charge is 0.264 e. The molecule has 0 bridgehead atoms. The fraction of sp³-hybridized carbons (Fsp3) is 0.273. The highest BCUT2D eigenvalue weighted by Gasteiger charge is 2.30. The number of nitrogens with zero attached hydrogens (tertiary/aromatic N) is 4. The lowest BCUT2D eigenvalue weighted by Crippen LogP contribution is -2.44. The maximum Gasteiger partial charge on any atom is 0.264 e. The number of carbonyl (C=O) groups excluding carboxylic acids is 1. The molecule has 3 aromatic heterocycles. The number of aromatic nitrogens is 4. The zero-order valence-electron chi connectivity index (χ0n) is 17.3. The fourth-order valence-corrected chi connectivity index (χ4v) is 4.66. The Balaban J connectivity index is 1.19. The first-order chi connectivity index (χ1) is 15.7. The van der Waals surface area contributed by atoms with Crippen LogP contribution in [-0.2, 0) is 17.9 Å². The molecule has 0 spiro atoms. The van der Waals surface area contributed by atoms with Gasteiger partial charge in [-0.1, -0.05) is 36.4 Å². The van der Waals surface area contributed by atoms with E-state index in [1.165, 1.54) is 4.88 Å². The van der Waals surface area contributed by atoms with Crippen molar-refractivity contribution >= 4 is 28.3 Å². The molecule has 4 aromatic rings. The molecule has 1 aliphatic rings. The van der Waals surface area contributed by atoms with E-state index in [2.05, 4.69) is 32.3 Å². The Hall–Kier alpha value is -3.34. The fourth-order valence-electron chi connectivity index (χ4n) is 3.87. The summed E-state index contributed by atoms with van der Waals surface area (Å²) in [7, 11) is 0. The van der Waals surface area contributed by atoms with E-state index in [1.54, 1.807) is 33.1 Å². The lowest BCUT2D eigenvalue weighted by Gasteiger charge is -2.11.